The lowest BCUT2D eigenvalue weighted by atomic mass is 10.1. The number of phosphoric acid groups is 1. The minimum atomic E-state index is -4.91. The Kier molecular flexibility index (Phi) is 37.6. The fourth-order valence-electron chi connectivity index (χ4n) is 6.67. The number of hydrogen-bond donors (Lipinski definition) is 2. The average Bonchev–Trinajstić information content (AvgIpc) is 3.22. The van der Waals surface area contributed by atoms with E-state index in [4.69, 9.17) is 28.0 Å². The van der Waals surface area contributed by atoms with Crippen LogP contribution in [0.15, 0.2) is 24.3 Å². The van der Waals surface area contributed by atoms with Crippen molar-refractivity contribution >= 4 is 31.8 Å². The molecule has 0 heterocycles. The smallest absolute Gasteiger partial charge is 0.462 e. The van der Waals surface area contributed by atoms with E-state index >= 15 is 0 Å². The maximum atomic E-state index is 13.0. The summed E-state index contributed by atoms with van der Waals surface area (Å²) in [7, 11) is -4.91. The number of unbranched alkanes of at least 4 members (excludes halogenated alkanes) is 22. The van der Waals surface area contributed by atoms with Crippen LogP contribution in [0.3, 0.4) is 0 Å². The van der Waals surface area contributed by atoms with Crippen molar-refractivity contribution in [2.24, 2.45) is 0 Å². The molecule has 3 atom stereocenters. The van der Waals surface area contributed by atoms with Crippen LogP contribution < -0.4 is 5.32 Å². The highest BCUT2D eigenvalue weighted by molar-refractivity contribution is 7.47. The first-order valence-corrected chi connectivity index (χ1v) is 26.9. The topological polar surface area (TPSA) is 173 Å². The number of esters is 3. The van der Waals surface area contributed by atoms with Crippen LogP contribution in [0.2, 0.25) is 0 Å². The number of carbonyl (C=O) groups is 4. The van der Waals surface area contributed by atoms with Crippen LogP contribution in [-0.4, -0.2) is 72.1 Å². The highest BCUT2D eigenvalue weighted by Crippen LogP contribution is 2.43. The molecule has 0 aliphatic heterocycles. The third-order valence-electron chi connectivity index (χ3n) is 10.2. The minimum absolute atomic E-state index is 0.124. The van der Waals surface area contributed by atoms with Crippen LogP contribution >= 0.6 is 7.82 Å². The Balaban J connectivity index is 5.05. The number of amides is 1. The third kappa shape index (κ3) is 43.6. The van der Waals surface area contributed by atoms with Gasteiger partial charge in [-0.1, -0.05) is 141 Å². The molecule has 13 nitrogen and oxygen atoms in total. The molecule has 0 radical (unpaired) electrons. The van der Waals surface area contributed by atoms with E-state index < -0.39 is 68.4 Å². The highest BCUT2D eigenvalue weighted by Gasteiger charge is 2.33. The van der Waals surface area contributed by atoms with Gasteiger partial charge in [-0.2, -0.15) is 0 Å². The number of phosphoric ester groups is 1. The molecule has 0 aliphatic carbocycles. The summed E-state index contributed by atoms with van der Waals surface area (Å²) in [6.45, 7) is 12.4. The summed E-state index contributed by atoms with van der Waals surface area (Å²) in [5.41, 5.74) is -1.82. The number of allylic oxidation sites excluding steroid dienone is 4. The molecule has 380 valence electrons. The van der Waals surface area contributed by atoms with Gasteiger partial charge in [0, 0.05) is 12.8 Å². The zero-order valence-electron chi connectivity index (χ0n) is 42.3. The molecule has 0 fully saturated rings. The summed E-state index contributed by atoms with van der Waals surface area (Å²) in [5.74, 6) is -1.95. The van der Waals surface area contributed by atoms with Gasteiger partial charge in [-0.15, -0.1) is 0 Å². The lowest BCUT2D eigenvalue weighted by Crippen LogP contribution is -2.48. The zero-order valence-corrected chi connectivity index (χ0v) is 43.2. The molecule has 0 spiro atoms. The molecule has 2 N–H and O–H groups in total. The van der Waals surface area contributed by atoms with E-state index in [0.717, 1.165) is 77.0 Å². The standard InChI is InChI=1S/C51H94NO12P/c1-9-11-13-15-17-19-21-23-25-27-29-31-33-35-37-39-46(53)59-41-44(62-47(54)40-38-36-34-32-30-28-26-24-22-20-18-16-14-12-10-2)42-60-65(57,58)61-43-45(48(55)63-50(3,4)5)52-49(56)64-51(6,7)8/h23-26,44-45H,9-22,27-43H2,1-8H3,(H,52,56)(H,57,58)/b25-23-,26-24-/t44-,45+/m0/s1. The van der Waals surface area contributed by atoms with Crippen molar-refractivity contribution in [1.82, 2.24) is 5.32 Å². The van der Waals surface area contributed by atoms with Crippen molar-refractivity contribution in [3.8, 4) is 0 Å². The van der Waals surface area contributed by atoms with Gasteiger partial charge in [-0.05, 0) is 106 Å². The van der Waals surface area contributed by atoms with Gasteiger partial charge in [0.25, 0.3) is 0 Å². The quantitative estimate of drug-likeness (QED) is 0.0196. The number of alkyl carbamates (subject to hydrolysis) is 1. The van der Waals surface area contributed by atoms with Crippen LogP contribution in [0.5, 0.6) is 0 Å². The van der Waals surface area contributed by atoms with Crippen molar-refractivity contribution < 1.29 is 56.6 Å². The molecule has 0 aromatic rings. The van der Waals surface area contributed by atoms with E-state index in [1.165, 1.54) is 77.0 Å². The summed E-state index contributed by atoms with van der Waals surface area (Å²) in [6, 6.07) is -1.52. The number of ether oxygens (including phenoxy) is 4. The predicted molar refractivity (Wildman–Crippen MR) is 260 cm³/mol. The van der Waals surface area contributed by atoms with Gasteiger partial charge in [0.05, 0.1) is 13.2 Å². The Labute approximate surface area is 395 Å². The van der Waals surface area contributed by atoms with Crippen molar-refractivity contribution in [3.05, 3.63) is 24.3 Å². The zero-order chi connectivity index (χ0) is 48.7. The van der Waals surface area contributed by atoms with Gasteiger partial charge in [0.15, 0.2) is 12.1 Å². The molecule has 14 heteroatoms. The first-order chi connectivity index (χ1) is 30.9. The van der Waals surface area contributed by atoms with Crippen LogP contribution in [0, 0.1) is 0 Å². The van der Waals surface area contributed by atoms with Crippen LogP contribution in [0.1, 0.15) is 235 Å². The van der Waals surface area contributed by atoms with E-state index in [9.17, 15) is 28.6 Å². The Morgan fingerprint density at radius 3 is 1.34 bits per heavy atom. The van der Waals surface area contributed by atoms with Crippen molar-refractivity contribution in [3.63, 3.8) is 0 Å². The summed E-state index contributed by atoms with van der Waals surface area (Å²) >= 11 is 0. The van der Waals surface area contributed by atoms with Crippen molar-refractivity contribution in [2.75, 3.05) is 19.8 Å². The van der Waals surface area contributed by atoms with E-state index in [0.29, 0.717) is 12.8 Å². The lowest BCUT2D eigenvalue weighted by Gasteiger charge is -2.26. The lowest BCUT2D eigenvalue weighted by molar-refractivity contribution is -0.161. The molecule has 0 aromatic heterocycles. The molecule has 0 aliphatic rings. The number of rotatable bonds is 41. The maximum absolute atomic E-state index is 13.0. The van der Waals surface area contributed by atoms with Gasteiger partial charge in [-0.3, -0.25) is 18.6 Å². The fraction of sp³-hybridized carbons (Fsp3) is 0.843. The van der Waals surface area contributed by atoms with E-state index in [1.807, 2.05) is 0 Å². The first kappa shape index (κ1) is 62.3. The Morgan fingerprint density at radius 2 is 0.908 bits per heavy atom. The SMILES string of the molecule is CCCCCCCC/C=C\CCCCCCCC(=O)OC[C@@H](COP(=O)(O)OC[C@@H](NC(=O)OC(C)(C)C)C(=O)OC(C)(C)C)OC(=O)CCCCCCC/C=C\CCCCCCCC. The summed E-state index contributed by atoms with van der Waals surface area (Å²) in [4.78, 5) is 61.5. The van der Waals surface area contributed by atoms with Crippen LogP contribution in [0.25, 0.3) is 0 Å². The highest BCUT2D eigenvalue weighted by atomic mass is 31.2. The summed E-state index contributed by atoms with van der Waals surface area (Å²) in [6.07, 6.45) is 36.7. The third-order valence-corrected chi connectivity index (χ3v) is 11.2. The second-order valence-corrected chi connectivity index (χ2v) is 20.7. The fourth-order valence-corrected chi connectivity index (χ4v) is 7.44. The Hall–Kier alpha value is -2.73. The predicted octanol–water partition coefficient (Wildman–Crippen LogP) is 13.9. The van der Waals surface area contributed by atoms with Gasteiger partial charge in [0.1, 0.15) is 17.8 Å². The van der Waals surface area contributed by atoms with Crippen LogP contribution in [-0.2, 0) is 46.9 Å². The molecule has 0 bridgehead atoms. The average molecular weight is 944 g/mol. The Bertz CT molecular complexity index is 1340. The number of carbonyl (C=O) groups excluding carboxylic acids is 4. The normalized spacial score (nSPS) is 14.0. The summed E-state index contributed by atoms with van der Waals surface area (Å²) in [5, 5.41) is 2.31. The molecule has 1 unspecified atom stereocenters. The van der Waals surface area contributed by atoms with E-state index in [1.54, 1.807) is 41.5 Å². The van der Waals surface area contributed by atoms with E-state index in [2.05, 4.69) is 43.5 Å². The molecule has 0 saturated heterocycles. The molecule has 0 saturated carbocycles. The maximum Gasteiger partial charge on any atom is 0.472 e. The molecule has 0 aromatic carbocycles. The van der Waals surface area contributed by atoms with Gasteiger partial charge < -0.3 is 29.2 Å². The monoisotopic (exact) mass is 944 g/mol. The first-order valence-electron chi connectivity index (χ1n) is 25.4. The molecule has 65 heavy (non-hydrogen) atoms. The molecule has 1 amide bonds. The van der Waals surface area contributed by atoms with Crippen molar-refractivity contribution in [1.29, 1.82) is 0 Å². The summed E-state index contributed by atoms with van der Waals surface area (Å²) < 4.78 is 44.9. The minimum Gasteiger partial charge on any atom is -0.462 e. The van der Waals surface area contributed by atoms with Gasteiger partial charge in [-0.25, -0.2) is 14.2 Å². The number of hydrogen-bond acceptors (Lipinski definition) is 11. The van der Waals surface area contributed by atoms with Gasteiger partial charge in [0.2, 0.25) is 0 Å². The van der Waals surface area contributed by atoms with Crippen molar-refractivity contribution in [2.45, 2.75) is 259 Å². The molecule has 0 rings (SSSR count). The molecular weight excluding hydrogens is 850 g/mol. The Morgan fingerprint density at radius 1 is 0.523 bits per heavy atom. The van der Waals surface area contributed by atoms with E-state index in [-0.39, 0.29) is 19.4 Å². The largest absolute Gasteiger partial charge is 0.472 e. The van der Waals surface area contributed by atoms with Gasteiger partial charge >= 0.3 is 31.8 Å². The van der Waals surface area contributed by atoms with Crippen LogP contribution in [0.4, 0.5) is 4.79 Å². The number of nitrogens with one attached hydrogen (secondary N) is 1. The second kappa shape index (κ2) is 39.3. The molecular formula is C51H94NO12P. The second-order valence-electron chi connectivity index (χ2n) is 19.3.